The largest absolute Gasteiger partial charge is 0.496 e. The molecule has 0 bridgehead atoms. The van der Waals surface area contributed by atoms with E-state index < -0.39 is 10.0 Å². The quantitative estimate of drug-likeness (QED) is 0.835. The first-order chi connectivity index (χ1) is 8.31. The van der Waals surface area contributed by atoms with E-state index in [0.717, 1.165) is 5.56 Å². The Hall–Kier alpha value is -1.11. The van der Waals surface area contributed by atoms with Gasteiger partial charge in [-0.25, -0.2) is 13.1 Å². The molecule has 0 unspecified atom stereocenters. The summed E-state index contributed by atoms with van der Waals surface area (Å²) in [7, 11) is -1.98. The molecule has 1 aromatic carbocycles. The van der Waals surface area contributed by atoms with Gasteiger partial charge in [-0.05, 0) is 44.0 Å². The average molecular weight is 272 g/mol. The summed E-state index contributed by atoms with van der Waals surface area (Å²) in [6, 6.07) is 3.04. The second-order valence-corrected chi connectivity index (χ2v) is 6.03. The first-order valence-corrected chi connectivity index (χ1v) is 7.17. The van der Waals surface area contributed by atoms with Crippen LogP contribution in [0.5, 0.6) is 5.75 Å². The van der Waals surface area contributed by atoms with Gasteiger partial charge in [0.15, 0.2) is 0 Å². The minimum Gasteiger partial charge on any atom is -0.496 e. The molecule has 0 aliphatic carbocycles. The highest BCUT2D eigenvalue weighted by Crippen LogP contribution is 2.25. The molecule has 3 N–H and O–H groups in total. The third-order valence-electron chi connectivity index (χ3n) is 2.69. The van der Waals surface area contributed by atoms with Crippen molar-refractivity contribution in [3.05, 3.63) is 23.3 Å². The van der Waals surface area contributed by atoms with E-state index in [0.29, 0.717) is 11.3 Å². The van der Waals surface area contributed by atoms with Crippen LogP contribution in [-0.4, -0.2) is 28.1 Å². The number of rotatable bonds is 5. The van der Waals surface area contributed by atoms with Gasteiger partial charge in [0.25, 0.3) is 0 Å². The molecule has 0 spiro atoms. The lowest BCUT2D eigenvalue weighted by atomic mass is 10.1. The van der Waals surface area contributed by atoms with Crippen molar-refractivity contribution in [1.29, 1.82) is 0 Å². The van der Waals surface area contributed by atoms with Crippen LogP contribution in [-0.2, 0) is 10.0 Å². The van der Waals surface area contributed by atoms with E-state index in [2.05, 4.69) is 4.72 Å². The first kappa shape index (κ1) is 14.9. The Kier molecular flexibility index (Phi) is 4.72. The third kappa shape index (κ3) is 3.22. The van der Waals surface area contributed by atoms with E-state index in [-0.39, 0.29) is 17.5 Å². The zero-order chi connectivity index (χ0) is 13.9. The average Bonchev–Trinajstić information content (AvgIpc) is 2.30. The van der Waals surface area contributed by atoms with Crippen molar-refractivity contribution >= 4 is 10.0 Å². The lowest BCUT2D eigenvalue weighted by Crippen LogP contribution is -2.38. The smallest absolute Gasteiger partial charge is 0.241 e. The molecule has 0 aromatic heterocycles. The number of hydrogen-bond acceptors (Lipinski definition) is 4. The van der Waals surface area contributed by atoms with Crippen LogP contribution >= 0.6 is 0 Å². The Morgan fingerprint density at radius 2 is 1.94 bits per heavy atom. The second kappa shape index (κ2) is 5.69. The summed E-state index contributed by atoms with van der Waals surface area (Å²) < 4.78 is 32.0. The Balaban J connectivity index is 3.21. The number of sulfonamides is 1. The summed E-state index contributed by atoms with van der Waals surface area (Å²) in [4.78, 5) is 0.265. The number of aryl methyl sites for hydroxylation is 2. The number of nitrogens with two attached hydrogens (primary N) is 1. The Bertz CT molecular complexity index is 526. The Morgan fingerprint density at radius 3 is 2.44 bits per heavy atom. The molecule has 102 valence electrons. The molecule has 1 rings (SSSR count). The van der Waals surface area contributed by atoms with Gasteiger partial charge in [0, 0.05) is 12.6 Å². The van der Waals surface area contributed by atoms with Gasteiger partial charge in [-0.1, -0.05) is 0 Å². The van der Waals surface area contributed by atoms with Gasteiger partial charge in [-0.15, -0.1) is 0 Å². The molecule has 0 aliphatic rings. The third-order valence-corrected chi connectivity index (χ3v) is 4.42. The summed E-state index contributed by atoms with van der Waals surface area (Å²) >= 11 is 0. The predicted molar refractivity (Wildman–Crippen MR) is 71.3 cm³/mol. The zero-order valence-corrected chi connectivity index (χ0v) is 12.0. The van der Waals surface area contributed by atoms with Crippen LogP contribution in [0.2, 0.25) is 0 Å². The van der Waals surface area contributed by atoms with E-state index in [1.807, 2.05) is 6.92 Å². The summed E-state index contributed by atoms with van der Waals surface area (Å²) in [6.45, 7) is 5.53. The summed E-state index contributed by atoms with van der Waals surface area (Å²) in [5.74, 6) is 0.679. The molecule has 0 aliphatic heterocycles. The maximum atomic E-state index is 12.2. The number of methoxy groups -OCH3 is 1. The van der Waals surface area contributed by atoms with E-state index in [4.69, 9.17) is 10.5 Å². The van der Waals surface area contributed by atoms with Crippen molar-refractivity contribution in [2.24, 2.45) is 5.73 Å². The number of nitrogens with one attached hydrogen (secondary N) is 1. The van der Waals surface area contributed by atoms with Crippen LogP contribution in [0.4, 0.5) is 0 Å². The normalized spacial score (nSPS) is 13.4. The summed E-state index contributed by atoms with van der Waals surface area (Å²) in [5, 5.41) is 0. The topological polar surface area (TPSA) is 81.4 Å². The van der Waals surface area contributed by atoms with E-state index >= 15 is 0 Å². The van der Waals surface area contributed by atoms with Gasteiger partial charge in [-0.3, -0.25) is 0 Å². The van der Waals surface area contributed by atoms with Crippen LogP contribution in [0.1, 0.15) is 18.1 Å². The molecule has 0 saturated heterocycles. The predicted octanol–water partition coefficient (Wildman–Crippen LogP) is 0.938. The summed E-state index contributed by atoms with van der Waals surface area (Å²) in [5.41, 5.74) is 6.85. The van der Waals surface area contributed by atoms with Gasteiger partial charge in [0.2, 0.25) is 10.0 Å². The van der Waals surface area contributed by atoms with Crippen LogP contribution in [0.15, 0.2) is 17.0 Å². The molecule has 0 heterocycles. The fourth-order valence-corrected chi connectivity index (χ4v) is 3.22. The molecule has 6 heteroatoms. The van der Waals surface area contributed by atoms with Gasteiger partial charge < -0.3 is 10.5 Å². The monoisotopic (exact) mass is 272 g/mol. The zero-order valence-electron chi connectivity index (χ0n) is 11.1. The maximum absolute atomic E-state index is 12.2. The second-order valence-electron chi connectivity index (χ2n) is 4.35. The van der Waals surface area contributed by atoms with Crippen LogP contribution < -0.4 is 15.2 Å². The minimum atomic E-state index is -3.54. The number of hydrogen-bond donors (Lipinski definition) is 2. The molecule has 5 nitrogen and oxygen atoms in total. The molecule has 1 atom stereocenters. The van der Waals surface area contributed by atoms with Crippen LogP contribution in [0.25, 0.3) is 0 Å². The fourth-order valence-electron chi connectivity index (χ4n) is 1.65. The van der Waals surface area contributed by atoms with Crippen molar-refractivity contribution in [2.45, 2.75) is 31.7 Å². The standard InChI is InChI=1S/C12H20N2O3S/c1-8-6-12(9(2)5-11(8)17-4)18(15,16)14-10(3)7-13/h5-6,10,14H,7,13H2,1-4H3/t10-/m0/s1. The van der Waals surface area contributed by atoms with Crippen molar-refractivity contribution in [2.75, 3.05) is 13.7 Å². The number of benzene rings is 1. The summed E-state index contributed by atoms with van der Waals surface area (Å²) in [6.07, 6.45) is 0. The highest BCUT2D eigenvalue weighted by atomic mass is 32.2. The van der Waals surface area contributed by atoms with Crippen molar-refractivity contribution in [3.8, 4) is 5.75 Å². The lowest BCUT2D eigenvalue weighted by Gasteiger charge is -2.15. The van der Waals surface area contributed by atoms with Crippen molar-refractivity contribution < 1.29 is 13.2 Å². The molecular weight excluding hydrogens is 252 g/mol. The van der Waals surface area contributed by atoms with Crippen molar-refractivity contribution in [1.82, 2.24) is 4.72 Å². The molecule has 0 radical (unpaired) electrons. The Morgan fingerprint density at radius 1 is 1.33 bits per heavy atom. The highest BCUT2D eigenvalue weighted by Gasteiger charge is 2.20. The molecule has 0 amide bonds. The van der Waals surface area contributed by atoms with E-state index in [1.165, 1.54) is 0 Å². The van der Waals surface area contributed by atoms with E-state index in [9.17, 15) is 8.42 Å². The van der Waals surface area contributed by atoms with Crippen LogP contribution in [0, 0.1) is 13.8 Å². The molecule has 0 fully saturated rings. The SMILES string of the molecule is COc1cc(C)c(S(=O)(=O)N[C@@H](C)CN)cc1C. The molecular formula is C12H20N2O3S. The molecule has 1 aromatic rings. The Labute approximate surface area is 108 Å². The van der Waals surface area contributed by atoms with Gasteiger partial charge >= 0.3 is 0 Å². The van der Waals surface area contributed by atoms with Gasteiger partial charge in [-0.2, -0.15) is 0 Å². The van der Waals surface area contributed by atoms with E-state index in [1.54, 1.807) is 33.1 Å². The lowest BCUT2D eigenvalue weighted by molar-refractivity contribution is 0.411. The van der Waals surface area contributed by atoms with Crippen molar-refractivity contribution in [3.63, 3.8) is 0 Å². The van der Waals surface area contributed by atoms with Gasteiger partial charge in [0.05, 0.1) is 12.0 Å². The number of ether oxygens (including phenoxy) is 1. The maximum Gasteiger partial charge on any atom is 0.241 e. The van der Waals surface area contributed by atoms with Gasteiger partial charge in [0.1, 0.15) is 5.75 Å². The fraction of sp³-hybridized carbons (Fsp3) is 0.500. The molecule has 0 saturated carbocycles. The first-order valence-electron chi connectivity index (χ1n) is 5.69. The minimum absolute atomic E-state index is 0.257. The van der Waals surface area contributed by atoms with Crippen LogP contribution in [0.3, 0.4) is 0 Å². The molecule has 18 heavy (non-hydrogen) atoms. The highest BCUT2D eigenvalue weighted by molar-refractivity contribution is 7.89.